The maximum Gasteiger partial charge on any atom is 0.0973 e. The molecule has 0 N–H and O–H groups in total. The summed E-state index contributed by atoms with van der Waals surface area (Å²) in [6.45, 7) is 7.55. The third-order valence-electron chi connectivity index (χ3n) is 7.93. The van der Waals surface area contributed by atoms with Crippen LogP contribution in [-0.2, 0) is 4.74 Å². The fourth-order valence-corrected chi connectivity index (χ4v) is 8.52. The minimum absolute atomic E-state index is 0.00458. The van der Waals surface area contributed by atoms with Gasteiger partial charge in [-0.15, -0.1) is 0 Å². The number of hydrogen-bond acceptors (Lipinski definition) is 2. The summed E-state index contributed by atoms with van der Waals surface area (Å²) in [5.74, 6) is 0. The third kappa shape index (κ3) is 6.21. The second-order valence-corrected chi connectivity index (χ2v) is 13.1. The lowest BCUT2D eigenvalue weighted by Crippen LogP contribution is -2.36. The maximum atomic E-state index is 6.07. The van der Waals surface area contributed by atoms with Crippen LogP contribution in [0.25, 0.3) is 5.57 Å². The van der Waals surface area contributed by atoms with Gasteiger partial charge < -0.3 is 4.74 Å². The van der Waals surface area contributed by atoms with Gasteiger partial charge in [-0.3, -0.25) is 4.90 Å². The molecule has 4 aromatic rings. The van der Waals surface area contributed by atoms with Crippen molar-refractivity contribution < 1.29 is 4.74 Å². The van der Waals surface area contributed by atoms with Gasteiger partial charge in [-0.1, -0.05) is 126 Å². The molecule has 0 unspecified atom stereocenters. The molecule has 3 heteroatoms. The molecule has 1 aliphatic rings. The normalized spacial score (nSPS) is 15.0. The average molecular weight is 546 g/mol. The number of aryl methyl sites for hydroxylation is 2. The van der Waals surface area contributed by atoms with Gasteiger partial charge in [0.15, 0.2) is 0 Å². The third-order valence-corrected chi connectivity index (χ3v) is 10.5. The van der Waals surface area contributed by atoms with Crippen LogP contribution in [0.5, 0.6) is 0 Å². The van der Waals surface area contributed by atoms with Crippen molar-refractivity contribution in [3.63, 3.8) is 0 Å². The molecule has 0 spiro atoms. The Morgan fingerprint density at radius 1 is 0.775 bits per heavy atom. The predicted octanol–water partition coefficient (Wildman–Crippen LogP) is 8.19. The number of benzene rings is 4. The van der Waals surface area contributed by atoms with Crippen LogP contribution in [-0.4, -0.2) is 31.6 Å². The lowest BCUT2D eigenvalue weighted by molar-refractivity contribution is 0.0334. The van der Waals surface area contributed by atoms with Crippen LogP contribution in [0.15, 0.2) is 126 Å². The Morgan fingerprint density at radius 2 is 1.30 bits per heavy atom. The molecule has 0 heterocycles. The van der Waals surface area contributed by atoms with Gasteiger partial charge in [0.2, 0.25) is 0 Å². The first kappa shape index (κ1) is 28.2. The Kier molecular flexibility index (Phi) is 9.12. The molecule has 0 amide bonds. The van der Waals surface area contributed by atoms with Gasteiger partial charge in [0.1, 0.15) is 0 Å². The van der Waals surface area contributed by atoms with Crippen LogP contribution in [0, 0.1) is 13.8 Å². The van der Waals surface area contributed by atoms with Crippen molar-refractivity contribution in [3.8, 4) is 0 Å². The van der Waals surface area contributed by atoms with E-state index in [0.29, 0.717) is 0 Å². The highest BCUT2D eigenvalue weighted by Crippen LogP contribution is 2.52. The number of allylic oxidation sites excluding steroid dienone is 2. The molecule has 0 saturated heterocycles. The first-order valence-electron chi connectivity index (χ1n) is 14.2. The van der Waals surface area contributed by atoms with E-state index in [2.05, 4.69) is 148 Å². The Balaban J connectivity index is 1.60. The van der Waals surface area contributed by atoms with E-state index < -0.39 is 7.92 Å². The van der Waals surface area contributed by atoms with Gasteiger partial charge in [-0.05, 0) is 80.4 Å². The zero-order valence-corrected chi connectivity index (χ0v) is 25.2. The zero-order valence-electron chi connectivity index (χ0n) is 24.3. The van der Waals surface area contributed by atoms with E-state index in [1.54, 1.807) is 5.31 Å². The zero-order chi connectivity index (χ0) is 28.1. The molecular formula is C37H40NOP. The molecule has 0 aromatic heterocycles. The van der Waals surface area contributed by atoms with E-state index in [4.69, 9.17) is 4.74 Å². The summed E-state index contributed by atoms with van der Waals surface area (Å²) in [7, 11) is 3.40. The Labute approximate surface area is 241 Å². The number of likely N-dealkylation sites (N-methyl/N-ethyl adjacent to an activating group) is 1. The van der Waals surface area contributed by atoms with Crippen LogP contribution in [0.4, 0.5) is 0 Å². The van der Waals surface area contributed by atoms with E-state index in [0.717, 1.165) is 13.0 Å². The summed E-state index contributed by atoms with van der Waals surface area (Å²) >= 11 is 0. The molecule has 5 rings (SSSR count). The minimum Gasteiger partial charge on any atom is -0.375 e. The van der Waals surface area contributed by atoms with Crippen molar-refractivity contribution in [2.45, 2.75) is 39.3 Å². The summed E-state index contributed by atoms with van der Waals surface area (Å²) in [5, 5.41) is 4.36. The molecule has 0 aliphatic heterocycles. The van der Waals surface area contributed by atoms with E-state index in [1.165, 1.54) is 44.0 Å². The largest absolute Gasteiger partial charge is 0.375 e. The Morgan fingerprint density at radius 3 is 1.82 bits per heavy atom. The van der Waals surface area contributed by atoms with Gasteiger partial charge in [0, 0.05) is 19.7 Å². The highest BCUT2D eigenvalue weighted by molar-refractivity contribution is 7.76. The van der Waals surface area contributed by atoms with Crippen LogP contribution < -0.4 is 10.6 Å². The SMILES string of the molecule is CO[C@H](c1ccccc1)[C@H](C)N(C)CC1=C(P(c2ccccc2)c2ccccc2)CC=C1c1cc(C)cc(C)c1. The molecule has 0 bridgehead atoms. The number of hydrogen-bond donors (Lipinski definition) is 0. The van der Waals surface area contributed by atoms with E-state index in [1.807, 2.05) is 7.11 Å². The van der Waals surface area contributed by atoms with Crippen LogP contribution >= 0.6 is 7.92 Å². The molecule has 1 aliphatic carbocycles. The van der Waals surface area contributed by atoms with Gasteiger partial charge in [-0.2, -0.15) is 0 Å². The van der Waals surface area contributed by atoms with Crippen molar-refractivity contribution >= 4 is 24.1 Å². The molecule has 204 valence electrons. The van der Waals surface area contributed by atoms with Crippen molar-refractivity contribution in [2.24, 2.45) is 0 Å². The van der Waals surface area contributed by atoms with E-state index >= 15 is 0 Å². The molecular weight excluding hydrogens is 505 g/mol. The number of methoxy groups -OCH3 is 1. The quantitative estimate of drug-likeness (QED) is 0.186. The van der Waals surface area contributed by atoms with Crippen molar-refractivity contribution in [1.29, 1.82) is 0 Å². The lowest BCUT2D eigenvalue weighted by atomic mass is 9.96. The average Bonchev–Trinajstić information content (AvgIpc) is 3.37. The topological polar surface area (TPSA) is 12.5 Å². The molecule has 2 atom stereocenters. The highest BCUT2D eigenvalue weighted by atomic mass is 31.1. The van der Waals surface area contributed by atoms with Gasteiger partial charge in [0.25, 0.3) is 0 Å². The smallest absolute Gasteiger partial charge is 0.0973 e. The number of nitrogens with zero attached hydrogens (tertiary/aromatic N) is 1. The van der Waals surface area contributed by atoms with Crippen molar-refractivity contribution in [3.05, 3.63) is 148 Å². The van der Waals surface area contributed by atoms with E-state index in [-0.39, 0.29) is 12.1 Å². The van der Waals surface area contributed by atoms with Crippen molar-refractivity contribution in [1.82, 2.24) is 4.90 Å². The van der Waals surface area contributed by atoms with Crippen LogP contribution in [0.3, 0.4) is 0 Å². The monoisotopic (exact) mass is 545 g/mol. The number of ether oxygens (including phenoxy) is 1. The van der Waals surface area contributed by atoms with Gasteiger partial charge in [-0.25, -0.2) is 0 Å². The molecule has 2 nitrogen and oxygen atoms in total. The van der Waals surface area contributed by atoms with E-state index in [9.17, 15) is 0 Å². The molecule has 0 saturated carbocycles. The highest BCUT2D eigenvalue weighted by Gasteiger charge is 2.30. The fraction of sp³-hybridized carbons (Fsp3) is 0.243. The maximum absolute atomic E-state index is 6.07. The summed E-state index contributed by atoms with van der Waals surface area (Å²) in [6.07, 6.45) is 3.45. The van der Waals surface area contributed by atoms with Crippen molar-refractivity contribution in [2.75, 3.05) is 20.7 Å². The van der Waals surface area contributed by atoms with Gasteiger partial charge >= 0.3 is 0 Å². The summed E-state index contributed by atoms with van der Waals surface area (Å²) in [5.41, 5.74) is 8.00. The Bertz CT molecular complexity index is 1420. The molecule has 40 heavy (non-hydrogen) atoms. The second-order valence-electron chi connectivity index (χ2n) is 10.9. The minimum atomic E-state index is -0.667. The molecule has 4 aromatic carbocycles. The van der Waals surface area contributed by atoms with Crippen LogP contribution in [0.2, 0.25) is 0 Å². The molecule has 0 fully saturated rings. The summed E-state index contributed by atoms with van der Waals surface area (Å²) in [4.78, 5) is 2.47. The number of rotatable bonds is 10. The second kappa shape index (κ2) is 12.9. The van der Waals surface area contributed by atoms with Crippen LogP contribution in [0.1, 0.15) is 41.7 Å². The summed E-state index contributed by atoms with van der Waals surface area (Å²) in [6, 6.07) is 39.9. The molecule has 0 radical (unpaired) electrons. The van der Waals surface area contributed by atoms with Gasteiger partial charge in [0.05, 0.1) is 6.10 Å². The first-order chi connectivity index (χ1) is 19.5. The predicted molar refractivity (Wildman–Crippen MR) is 173 cm³/mol. The first-order valence-corrected chi connectivity index (χ1v) is 15.5. The fourth-order valence-electron chi connectivity index (χ4n) is 5.92. The standard InChI is InChI=1S/C37H40NOP/c1-27-23-28(2)25-31(24-27)34-21-22-36(40(32-17-11-7-12-18-32)33-19-13-8-14-20-33)35(34)26-38(4)29(3)37(39-5)30-15-9-6-10-16-30/h6-21,23-25,29,37H,22,26H2,1-5H3/t29-,37-/m0/s1. The summed E-state index contributed by atoms with van der Waals surface area (Å²) < 4.78 is 6.07. The lowest BCUT2D eigenvalue weighted by Gasteiger charge is -2.33. The Hall–Kier alpha value is -3.29.